The van der Waals surface area contributed by atoms with E-state index in [1.165, 1.54) is 19.1 Å². The number of nitrogens with zero attached hydrogens (tertiary/aromatic N) is 1. The average Bonchev–Trinajstić information content (AvgIpc) is 2.17. The fourth-order valence-electron chi connectivity index (χ4n) is 0.916. The van der Waals surface area contributed by atoms with Crippen LogP contribution in [0.2, 0.25) is 0 Å². The Morgan fingerprint density at radius 3 is 2.79 bits per heavy atom. The van der Waals surface area contributed by atoms with Gasteiger partial charge in [-0.25, -0.2) is 9.78 Å². The number of hydrogen-bond donors (Lipinski definition) is 2. The van der Waals surface area contributed by atoms with Crippen LogP contribution in [0.4, 0.5) is 0 Å². The Morgan fingerprint density at radius 1 is 1.64 bits per heavy atom. The van der Waals surface area contributed by atoms with Crippen LogP contribution in [0.5, 0.6) is 0 Å². The Morgan fingerprint density at radius 2 is 2.29 bits per heavy atom. The van der Waals surface area contributed by atoms with E-state index in [0.717, 1.165) is 0 Å². The molecule has 0 aliphatic heterocycles. The topological polar surface area (TPSA) is 93.3 Å². The van der Waals surface area contributed by atoms with Gasteiger partial charge in [-0.15, -0.1) is 0 Å². The summed E-state index contributed by atoms with van der Waals surface area (Å²) in [5, 5.41) is 8.80. The standard InChI is InChI=1S/C9H10N2O3/c1-9(10,8(13)14)7-4-2-3-6(5-12)11-7/h2-5H,10H2,1H3,(H,13,14)/t9-/m1/s1. The molecule has 0 unspecified atom stereocenters. The second-order valence-corrected chi connectivity index (χ2v) is 3.07. The highest BCUT2D eigenvalue weighted by Gasteiger charge is 2.31. The summed E-state index contributed by atoms with van der Waals surface area (Å²) >= 11 is 0. The lowest BCUT2D eigenvalue weighted by Crippen LogP contribution is -2.42. The van der Waals surface area contributed by atoms with E-state index in [1.807, 2.05) is 0 Å². The molecule has 0 spiro atoms. The Hall–Kier alpha value is -1.75. The molecule has 0 aliphatic carbocycles. The van der Waals surface area contributed by atoms with Crippen molar-refractivity contribution in [3.05, 3.63) is 29.6 Å². The summed E-state index contributed by atoms with van der Waals surface area (Å²) in [4.78, 5) is 25.0. The first kappa shape index (κ1) is 10.3. The molecular weight excluding hydrogens is 184 g/mol. The number of aldehydes is 1. The van der Waals surface area contributed by atoms with Crippen LogP contribution in [0, 0.1) is 0 Å². The van der Waals surface area contributed by atoms with Gasteiger partial charge in [0, 0.05) is 0 Å². The maximum Gasteiger partial charge on any atom is 0.329 e. The van der Waals surface area contributed by atoms with Gasteiger partial charge in [0.25, 0.3) is 0 Å². The zero-order chi connectivity index (χ0) is 10.8. The van der Waals surface area contributed by atoms with Crippen molar-refractivity contribution in [3.63, 3.8) is 0 Å². The number of carbonyl (C=O) groups is 2. The van der Waals surface area contributed by atoms with Gasteiger partial charge in [0.1, 0.15) is 5.69 Å². The summed E-state index contributed by atoms with van der Waals surface area (Å²) in [6.45, 7) is 1.33. The predicted molar refractivity (Wildman–Crippen MR) is 48.8 cm³/mol. The minimum absolute atomic E-state index is 0.162. The molecule has 74 valence electrons. The highest BCUT2D eigenvalue weighted by Crippen LogP contribution is 2.15. The Balaban J connectivity index is 3.18. The van der Waals surface area contributed by atoms with Crippen LogP contribution < -0.4 is 5.73 Å². The van der Waals surface area contributed by atoms with Gasteiger partial charge in [-0.3, -0.25) is 4.79 Å². The summed E-state index contributed by atoms with van der Waals surface area (Å²) in [7, 11) is 0. The summed E-state index contributed by atoms with van der Waals surface area (Å²) in [5.74, 6) is -1.19. The summed E-state index contributed by atoms with van der Waals surface area (Å²) in [5.41, 5.74) is 4.28. The van der Waals surface area contributed by atoms with E-state index >= 15 is 0 Å². The van der Waals surface area contributed by atoms with Gasteiger partial charge >= 0.3 is 5.97 Å². The lowest BCUT2D eigenvalue weighted by atomic mass is 9.99. The Bertz CT molecular complexity index is 374. The maximum absolute atomic E-state index is 10.8. The number of nitrogens with two attached hydrogens (primary N) is 1. The molecule has 0 fully saturated rings. The molecule has 0 amide bonds. The lowest BCUT2D eigenvalue weighted by Gasteiger charge is -2.18. The largest absolute Gasteiger partial charge is 0.480 e. The van der Waals surface area contributed by atoms with Gasteiger partial charge in [-0.1, -0.05) is 6.07 Å². The molecule has 1 atom stereocenters. The molecule has 0 bridgehead atoms. The van der Waals surface area contributed by atoms with E-state index in [2.05, 4.69) is 4.98 Å². The van der Waals surface area contributed by atoms with Gasteiger partial charge in [-0.05, 0) is 19.1 Å². The van der Waals surface area contributed by atoms with Crippen molar-refractivity contribution in [3.8, 4) is 0 Å². The second kappa shape index (κ2) is 3.55. The van der Waals surface area contributed by atoms with Crippen molar-refractivity contribution in [2.45, 2.75) is 12.5 Å². The maximum atomic E-state index is 10.8. The number of aromatic nitrogens is 1. The monoisotopic (exact) mass is 194 g/mol. The Labute approximate surface area is 80.6 Å². The molecule has 1 heterocycles. The molecule has 0 saturated carbocycles. The van der Waals surface area contributed by atoms with Crippen molar-refractivity contribution in [1.29, 1.82) is 0 Å². The Kier molecular flexibility index (Phi) is 2.62. The van der Waals surface area contributed by atoms with Crippen LogP contribution in [0.1, 0.15) is 23.1 Å². The number of carboxylic acids is 1. The molecule has 5 nitrogen and oxygen atoms in total. The highest BCUT2D eigenvalue weighted by molar-refractivity contribution is 5.80. The second-order valence-electron chi connectivity index (χ2n) is 3.07. The lowest BCUT2D eigenvalue weighted by molar-refractivity contribution is -0.143. The number of aliphatic carboxylic acids is 1. The summed E-state index contributed by atoms with van der Waals surface area (Å²) < 4.78 is 0. The van der Waals surface area contributed by atoms with Crippen molar-refractivity contribution >= 4 is 12.3 Å². The van der Waals surface area contributed by atoms with E-state index in [9.17, 15) is 9.59 Å². The fourth-order valence-corrected chi connectivity index (χ4v) is 0.916. The molecule has 0 aromatic carbocycles. The molecule has 1 aromatic rings. The first-order chi connectivity index (χ1) is 6.48. The first-order valence-electron chi connectivity index (χ1n) is 3.93. The van der Waals surface area contributed by atoms with E-state index in [1.54, 1.807) is 6.07 Å². The zero-order valence-electron chi connectivity index (χ0n) is 7.60. The van der Waals surface area contributed by atoms with Gasteiger partial charge in [0.15, 0.2) is 11.8 Å². The number of carboxylic acid groups (broad SMARTS) is 1. The normalized spacial score (nSPS) is 14.4. The predicted octanol–water partition coefficient (Wildman–Crippen LogP) is 0.153. The third-order valence-corrected chi connectivity index (χ3v) is 1.87. The number of pyridine rings is 1. The number of carbonyl (C=O) groups excluding carboxylic acids is 1. The summed E-state index contributed by atoms with van der Waals surface area (Å²) in [6.07, 6.45) is 0.543. The van der Waals surface area contributed by atoms with Crippen molar-refractivity contribution < 1.29 is 14.7 Å². The molecule has 1 rings (SSSR count). The third kappa shape index (κ3) is 1.77. The van der Waals surface area contributed by atoms with Crippen molar-refractivity contribution in [1.82, 2.24) is 4.98 Å². The molecule has 0 aliphatic rings. The molecule has 0 radical (unpaired) electrons. The van der Waals surface area contributed by atoms with Crippen LogP contribution in [-0.2, 0) is 10.3 Å². The van der Waals surface area contributed by atoms with Gasteiger partial charge in [-0.2, -0.15) is 0 Å². The third-order valence-electron chi connectivity index (χ3n) is 1.87. The van der Waals surface area contributed by atoms with Gasteiger partial charge < -0.3 is 10.8 Å². The molecule has 14 heavy (non-hydrogen) atoms. The van der Waals surface area contributed by atoms with Crippen LogP contribution in [0.15, 0.2) is 18.2 Å². The van der Waals surface area contributed by atoms with E-state index in [4.69, 9.17) is 10.8 Å². The van der Waals surface area contributed by atoms with Crippen molar-refractivity contribution in [2.24, 2.45) is 5.73 Å². The van der Waals surface area contributed by atoms with Crippen LogP contribution >= 0.6 is 0 Å². The van der Waals surface area contributed by atoms with E-state index < -0.39 is 11.5 Å². The van der Waals surface area contributed by atoms with E-state index in [0.29, 0.717) is 6.29 Å². The van der Waals surface area contributed by atoms with Crippen LogP contribution in [0.25, 0.3) is 0 Å². The molecular formula is C9H10N2O3. The zero-order valence-corrected chi connectivity index (χ0v) is 7.60. The van der Waals surface area contributed by atoms with Gasteiger partial charge in [0.05, 0.1) is 5.69 Å². The first-order valence-corrected chi connectivity index (χ1v) is 3.93. The average molecular weight is 194 g/mol. The van der Waals surface area contributed by atoms with E-state index in [-0.39, 0.29) is 11.4 Å². The smallest absolute Gasteiger partial charge is 0.329 e. The quantitative estimate of drug-likeness (QED) is 0.668. The van der Waals surface area contributed by atoms with Crippen LogP contribution in [-0.4, -0.2) is 22.3 Å². The summed E-state index contributed by atoms with van der Waals surface area (Å²) in [6, 6.07) is 4.50. The molecule has 3 N–H and O–H groups in total. The van der Waals surface area contributed by atoms with Gasteiger partial charge in [0.2, 0.25) is 0 Å². The number of rotatable bonds is 3. The minimum atomic E-state index is -1.57. The minimum Gasteiger partial charge on any atom is -0.480 e. The van der Waals surface area contributed by atoms with Crippen molar-refractivity contribution in [2.75, 3.05) is 0 Å². The molecule has 0 saturated heterocycles. The molecule has 1 aromatic heterocycles. The molecule has 5 heteroatoms. The number of hydrogen-bond acceptors (Lipinski definition) is 4. The SMILES string of the molecule is C[C@](N)(C(=O)O)c1cccc(C=O)n1. The highest BCUT2D eigenvalue weighted by atomic mass is 16.4. The fraction of sp³-hybridized carbons (Fsp3) is 0.222. The van der Waals surface area contributed by atoms with Crippen LogP contribution in [0.3, 0.4) is 0 Å².